The average molecular weight is 234 g/mol. The van der Waals surface area contributed by atoms with E-state index in [2.05, 4.69) is 5.32 Å². The van der Waals surface area contributed by atoms with E-state index in [9.17, 15) is 0 Å². The van der Waals surface area contributed by atoms with Crippen molar-refractivity contribution in [1.29, 1.82) is 0 Å². The minimum Gasteiger partial charge on any atom is -0.382 e. The first-order chi connectivity index (χ1) is 6.83. The second-order valence-corrected chi connectivity index (χ2v) is 4.39. The zero-order valence-corrected chi connectivity index (χ0v) is 9.96. The van der Waals surface area contributed by atoms with Crippen molar-refractivity contribution < 1.29 is 4.74 Å². The van der Waals surface area contributed by atoms with Gasteiger partial charge in [-0.15, -0.1) is 11.3 Å². The van der Waals surface area contributed by atoms with Gasteiger partial charge < -0.3 is 10.1 Å². The summed E-state index contributed by atoms with van der Waals surface area (Å²) >= 11 is 7.50. The molecule has 1 heterocycles. The third-order valence-corrected chi connectivity index (χ3v) is 3.05. The summed E-state index contributed by atoms with van der Waals surface area (Å²) in [5.41, 5.74) is 0. The van der Waals surface area contributed by atoms with Gasteiger partial charge in [0.1, 0.15) is 0 Å². The highest BCUT2D eigenvalue weighted by molar-refractivity contribution is 7.10. The topological polar surface area (TPSA) is 21.3 Å². The molecule has 0 saturated heterocycles. The number of ether oxygens (including phenoxy) is 1. The molecule has 1 N–H and O–H groups in total. The quantitative estimate of drug-likeness (QED) is 0.732. The van der Waals surface area contributed by atoms with Crippen LogP contribution < -0.4 is 5.32 Å². The van der Waals surface area contributed by atoms with Gasteiger partial charge in [0.25, 0.3) is 0 Å². The number of nitrogens with one attached hydrogen (secondary N) is 1. The van der Waals surface area contributed by atoms with Crippen molar-refractivity contribution in [2.75, 3.05) is 19.8 Å². The SMILES string of the molecule is CCOCCCNCc1cc(Cl)cs1. The van der Waals surface area contributed by atoms with Gasteiger partial charge >= 0.3 is 0 Å². The van der Waals surface area contributed by atoms with Crippen LogP contribution in [0.15, 0.2) is 11.4 Å². The van der Waals surface area contributed by atoms with E-state index >= 15 is 0 Å². The fourth-order valence-corrected chi connectivity index (χ4v) is 2.14. The Labute approximate surface area is 94.2 Å². The van der Waals surface area contributed by atoms with E-state index in [0.717, 1.165) is 37.7 Å². The Bertz CT molecular complexity index is 252. The molecule has 0 aromatic carbocycles. The summed E-state index contributed by atoms with van der Waals surface area (Å²) in [5.74, 6) is 0. The first kappa shape index (κ1) is 12.0. The summed E-state index contributed by atoms with van der Waals surface area (Å²) < 4.78 is 5.23. The molecule has 0 amide bonds. The molecule has 1 rings (SSSR count). The molecule has 0 aliphatic heterocycles. The number of hydrogen-bond acceptors (Lipinski definition) is 3. The Balaban J connectivity index is 1.99. The van der Waals surface area contributed by atoms with E-state index in [-0.39, 0.29) is 0 Å². The van der Waals surface area contributed by atoms with Crippen molar-refractivity contribution >= 4 is 22.9 Å². The van der Waals surface area contributed by atoms with E-state index < -0.39 is 0 Å². The standard InChI is InChI=1S/C10H16ClNOS/c1-2-13-5-3-4-12-7-10-6-9(11)8-14-10/h6,8,12H,2-5,7H2,1H3. The first-order valence-corrected chi connectivity index (χ1v) is 6.10. The second kappa shape index (κ2) is 7.23. The lowest BCUT2D eigenvalue weighted by atomic mass is 10.4. The van der Waals surface area contributed by atoms with Gasteiger partial charge in [0, 0.05) is 30.0 Å². The van der Waals surface area contributed by atoms with Crippen molar-refractivity contribution in [2.45, 2.75) is 19.9 Å². The van der Waals surface area contributed by atoms with Gasteiger partial charge in [-0.2, -0.15) is 0 Å². The first-order valence-electron chi connectivity index (χ1n) is 4.84. The number of hydrogen-bond donors (Lipinski definition) is 1. The lowest BCUT2D eigenvalue weighted by molar-refractivity contribution is 0.144. The van der Waals surface area contributed by atoms with Gasteiger partial charge in [-0.3, -0.25) is 0 Å². The summed E-state index contributed by atoms with van der Waals surface area (Å²) in [7, 11) is 0. The predicted molar refractivity (Wildman–Crippen MR) is 62.1 cm³/mol. The van der Waals surface area contributed by atoms with Crippen LogP contribution in [0, 0.1) is 0 Å². The van der Waals surface area contributed by atoms with E-state index in [4.69, 9.17) is 16.3 Å². The van der Waals surface area contributed by atoms with Crippen molar-refractivity contribution in [3.63, 3.8) is 0 Å². The summed E-state index contributed by atoms with van der Waals surface area (Å²) in [6.07, 6.45) is 1.06. The molecule has 1 aromatic rings. The molecular formula is C10H16ClNOS. The molecule has 0 radical (unpaired) electrons. The molecule has 80 valence electrons. The van der Waals surface area contributed by atoms with Crippen LogP contribution >= 0.6 is 22.9 Å². The lowest BCUT2D eigenvalue weighted by Gasteiger charge is -2.02. The molecule has 2 nitrogen and oxygen atoms in total. The molecule has 1 aromatic heterocycles. The van der Waals surface area contributed by atoms with Crippen LogP contribution in [0.1, 0.15) is 18.2 Å². The minimum atomic E-state index is 0.806. The third kappa shape index (κ3) is 4.96. The van der Waals surface area contributed by atoms with Crippen molar-refractivity contribution in [3.05, 3.63) is 21.3 Å². The molecule has 0 spiro atoms. The third-order valence-electron chi connectivity index (χ3n) is 1.77. The number of halogens is 1. The van der Waals surface area contributed by atoms with E-state index in [1.807, 2.05) is 18.4 Å². The van der Waals surface area contributed by atoms with Gasteiger partial charge in [-0.25, -0.2) is 0 Å². The predicted octanol–water partition coefficient (Wildman–Crippen LogP) is 2.92. The molecule has 0 aliphatic carbocycles. The molecule has 4 heteroatoms. The normalized spacial score (nSPS) is 10.7. The van der Waals surface area contributed by atoms with Crippen LogP contribution in [-0.2, 0) is 11.3 Å². The summed E-state index contributed by atoms with van der Waals surface area (Å²) in [5, 5.41) is 6.14. The molecule has 14 heavy (non-hydrogen) atoms. The zero-order chi connectivity index (χ0) is 10.2. The maximum absolute atomic E-state index is 5.80. The Kier molecular flexibility index (Phi) is 6.19. The maximum Gasteiger partial charge on any atom is 0.0516 e. The maximum atomic E-state index is 5.80. The van der Waals surface area contributed by atoms with Crippen LogP contribution in [0.5, 0.6) is 0 Å². The van der Waals surface area contributed by atoms with Gasteiger partial charge in [0.15, 0.2) is 0 Å². The summed E-state index contributed by atoms with van der Waals surface area (Å²) in [6, 6.07) is 2.00. The smallest absolute Gasteiger partial charge is 0.0516 e. The highest BCUT2D eigenvalue weighted by Gasteiger charge is 1.96. The second-order valence-electron chi connectivity index (χ2n) is 2.96. The lowest BCUT2D eigenvalue weighted by Crippen LogP contribution is -2.15. The van der Waals surface area contributed by atoms with Crippen molar-refractivity contribution in [2.24, 2.45) is 0 Å². The van der Waals surface area contributed by atoms with Crippen LogP contribution in [0.3, 0.4) is 0 Å². The van der Waals surface area contributed by atoms with Gasteiger partial charge in [-0.05, 0) is 26.0 Å². The Morgan fingerprint density at radius 2 is 2.43 bits per heavy atom. The highest BCUT2D eigenvalue weighted by atomic mass is 35.5. The summed E-state index contributed by atoms with van der Waals surface area (Å²) in [4.78, 5) is 1.28. The van der Waals surface area contributed by atoms with E-state index in [0.29, 0.717) is 0 Å². The van der Waals surface area contributed by atoms with Crippen LogP contribution in [-0.4, -0.2) is 19.8 Å². The molecular weight excluding hydrogens is 218 g/mol. The molecule has 0 saturated carbocycles. The Hall–Kier alpha value is -0.0900. The van der Waals surface area contributed by atoms with Crippen molar-refractivity contribution in [1.82, 2.24) is 5.32 Å². The number of thiophene rings is 1. The van der Waals surface area contributed by atoms with Crippen LogP contribution in [0.25, 0.3) is 0 Å². The molecule has 0 atom stereocenters. The van der Waals surface area contributed by atoms with Crippen molar-refractivity contribution in [3.8, 4) is 0 Å². The van der Waals surface area contributed by atoms with Gasteiger partial charge in [0.05, 0.1) is 5.02 Å². The summed E-state index contributed by atoms with van der Waals surface area (Å²) in [6.45, 7) is 5.56. The van der Waals surface area contributed by atoms with E-state index in [1.165, 1.54) is 4.88 Å². The van der Waals surface area contributed by atoms with Crippen LogP contribution in [0.2, 0.25) is 5.02 Å². The minimum absolute atomic E-state index is 0.806. The zero-order valence-electron chi connectivity index (χ0n) is 8.38. The van der Waals surface area contributed by atoms with E-state index in [1.54, 1.807) is 11.3 Å². The van der Waals surface area contributed by atoms with Crippen LogP contribution in [0.4, 0.5) is 0 Å². The Morgan fingerprint density at radius 1 is 1.57 bits per heavy atom. The molecule has 0 aliphatic rings. The Morgan fingerprint density at radius 3 is 3.07 bits per heavy atom. The fraction of sp³-hybridized carbons (Fsp3) is 0.600. The molecule has 0 unspecified atom stereocenters. The number of rotatable bonds is 7. The largest absolute Gasteiger partial charge is 0.382 e. The average Bonchev–Trinajstić information content (AvgIpc) is 2.58. The fourth-order valence-electron chi connectivity index (χ4n) is 1.10. The molecule has 0 fully saturated rings. The molecule has 0 bridgehead atoms. The van der Waals surface area contributed by atoms with Gasteiger partial charge in [0.2, 0.25) is 0 Å². The monoisotopic (exact) mass is 233 g/mol. The van der Waals surface area contributed by atoms with Gasteiger partial charge in [-0.1, -0.05) is 11.6 Å². The highest BCUT2D eigenvalue weighted by Crippen LogP contribution is 2.18.